The molecule has 5 heteroatoms. The van der Waals surface area contributed by atoms with Crippen LogP contribution >= 0.6 is 0 Å². The normalized spacial score (nSPS) is 21.7. The maximum absolute atomic E-state index is 9.58. The van der Waals surface area contributed by atoms with E-state index in [2.05, 4.69) is 0 Å². The van der Waals surface area contributed by atoms with Gasteiger partial charge in [-0.2, -0.15) is 0 Å². The molecular weight excluding hydrogens is 284 g/mol. The van der Waals surface area contributed by atoms with Crippen LogP contribution in [0.25, 0.3) is 0 Å². The fourth-order valence-corrected chi connectivity index (χ4v) is 2.58. The molecule has 1 N–H and O–H groups in total. The summed E-state index contributed by atoms with van der Waals surface area (Å²) in [5.41, 5.74) is 1.02. The van der Waals surface area contributed by atoms with E-state index >= 15 is 0 Å². The summed E-state index contributed by atoms with van der Waals surface area (Å²) in [5.74, 6) is 0.285. The van der Waals surface area contributed by atoms with Crippen LogP contribution < -0.4 is 4.74 Å². The summed E-state index contributed by atoms with van der Waals surface area (Å²) in [7, 11) is 1.64. The van der Waals surface area contributed by atoms with Gasteiger partial charge in [-0.05, 0) is 30.5 Å². The van der Waals surface area contributed by atoms with E-state index in [0.717, 1.165) is 24.2 Å². The van der Waals surface area contributed by atoms with E-state index in [1.54, 1.807) is 7.11 Å². The SMILES string of the molecule is CCC1(CC)OC[C@H]([C@@H](CO)OCc2ccc(OC)cc2)O1. The number of aliphatic hydroxyl groups is 1. The summed E-state index contributed by atoms with van der Waals surface area (Å²) in [5, 5.41) is 9.58. The Labute approximate surface area is 132 Å². The standard InChI is InChI=1S/C17H26O5/c1-4-17(5-2)21-12-16(22-17)15(10-18)20-11-13-6-8-14(19-3)9-7-13/h6-9,15-16,18H,4-5,10-12H2,1-3H3/t15-,16-/m1/s1. The van der Waals surface area contributed by atoms with E-state index in [9.17, 15) is 5.11 Å². The van der Waals surface area contributed by atoms with E-state index in [-0.39, 0.29) is 18.8 Å². The molecule has 1 aliphatic heterocycles. The summed E-state index contributed by atoms with van der Waals surface area (Å²) in [6.45, 7) is 4.86. The average Bonchev–Trinajstić information content (AvgIpc) is 3.01. The highest BCUT2D eigenvalue weighted by Crippen LogP contribution is 2.32. The zero-order valence-electron chi connectivity index (χ0n) is 13.6. The van der Waals surface area contributed by atoms with Gasteiger partial charge in [-0.1, -0.05) is 26.0 Å². The third-order valence-electron chi connectivity index (χ3n) is 4.17. The van der Waals surface area contributed by atoms with Gasteiger partial charge in [-0.15, -0.1) is 0 Å². The molecule has 2 atom stereocenters. The predicted molar refractivity (Wildman–Crippen MR) is 82.8 cm³/mol. The summed E-state index contributed by atoms with van der Waals surface area (Å²) in [6, 6.07) is 7.67. The highest BCUT2D eigenvalue weighted by atomic mass is 16.8. The second-order valence-corrected chi connectivity index (χ2v) is 5.47. The molecule has 2 rings (SSSR count). The summed E-state index contributed by atoms with van der Waals surface area (Å²) in [4.78, 5) is 0. The van der Waals surface area contributed by atoms with Gasteiger partial charge in [0.15, 0.2) is 5.79 Å². The van der Waals surface area contributed by atoms with Crippen molar-refractivity contribution in [2.75, 3.05) is 20.3 Å². The second kappa shape index (κ2) is 7.92. The van der Waals surface area contributed by atoms with Gasteiger partial charge in [0.2, 0.25) is 0 Å². The lowest BCUT2D eigenvalue weighted by atomic mass is 10.1. The van der Waals surface area contributed by atoms with Crippen LogP contribution in [-0.2, 0) is 20.8 Å². The van der Waals surface area contributed by atoms with Crippen LogP contribution in [0.3, 0.4) is 0 Å². The Morgan fingerprint density at radius 1 is 1.27 bits per heavy atom. The fraction of sp³-hybridized carbons (Fsp3) is 0.647. The molecule has 0 saturated carbocycles. The first-order valence-corrected chi connectivity index (χ1v) is 7.83. The number of benzene rings is 1. The Balaban J connectivity index is 1.89. The highest BCUT2D eigenvalue weighted by molar-refractivity contribution is 5.26. The molecule has 0 amide bonds. The molecule has 1 aliphatic rings. The first-order valence-electron chi connectivity index (χ1n) is 7.83. The van der Waals surface area contributed by atoms with Gasteiger partial charge in [-0.3, -0.25) is 0 Å². The molecule has 0 unspecified atom stereocenters. The number of hydrogen-bond acceptors (Lipinski definition) is 5. The van der Waals surface area contributed by atoms with Crippen molar-refractivity contribution in [3.05, 3.63) is 29.8 Å². The minimum Gasteiger partial charge on any atom is -0.497 e. The molecule has 0 radical (unpaired) electrons. The van der Waals surface area contributed by atoms with Gasteiger partial charge in [0.25, 0.3) is 0 Å². The first-order chi connectivity index (χ1) is 10.7. The van der Waals surface area contributed by atoms with Crippen molar-refractivity contribution in [2.45, 2.75) is 51.3 Å². The van der Waals surface area contributed by atoms with Crippen LogP contribution in [0, 0.1) is 0 Å². The molecule has 124 valence electrons. The minimum absolute atomic E-state index is 0.0896. The van der Waals surface area contributed by atoms with E-state index in [1.807, 2.05) is 38.1 Å². The van der Waals surface area contributed by atoms with Crippen LogP contribution in [0.15, 0.2) is 24.3 Å². The van der Waals surface area contributed by atoms with Crippen molar-refractivity contribution >= 4 is 0 Å². The topological polar surface area (TPSA) is 57.2 Å². The Hall–Kier alpha value is -1.14. The summed E-state index contributed by atoms with van der Waals surface area (Å²) >= 11 is 0. The summed E-state index contributed by atoms with van der Waals surface area (Å²) < 4.78 is 22.7. The molecule has 0 spiro atoms. The van der Waals surface area contributed by atoms with Gasteiger partial charge >= 0.3 is 0 Å². The van der Waals surface area contributed by atoms with Crippen molar-refractivity contribution in [1.29, 1.82) is 0 Å². The molecule has 1 fully saturated rings. The number of ether oxygens (including phenoxy) is 4. The summed E-state index contributed by atoms with van der Waals surface area (Å²) in [6.07, 6.45) is 0.956. The number of aliphatic hydroxyl groups excluding tert-OH is 1. The number of rotatable bonds is 8. The Morgan fingerprint density at radius 3 is 2.45 bits per heavy atom. The average molecular weight is 310 g/mol. The van der Waals surface area contributed by atoms with E-state index in [4.69, 9.17) is 18.9 Å². The van der Waals surface area contributed by atoms with Gasteiger partial charge < -0.3 is 24.1 Å². The van der Waals surface area contributed by atoms with Crippen molar-refractivity contribution in [3.63, 3.8) is 0 Å². The van der Waals surface area contributed by atoms with Crippen LogP contribution in [0.4, 0.5) is 0 Å². The lowest BCUT2D eigenvalue weighted by molar-refractivity contribution is -0.188. The van der Waals surface area contributed by atoms with Crippen molar-refractivity contribution in [3.8, 4) is 5.75 Å². The molecule has 0 aromatic heterocycles. The Kier molecular flexibility index (Phi) is 6.20. The van der Waals surface area contributed by atoms with Gasteiger partial charge in [0.05, 0.1) is 26.9 Å². The minimum atomic E-state index is -0.526. The van der Waals surface area contributed by atoms with Gasteiger partial charge in [0, 0.05) is 0 Å². The zero-order chi connectivity index (χ0) is 16.0. The molecule has 1 saturated heterocycles. The zero-order valence-corrected chi connectivity index (χ0v) is 13.6. The maximum atomic E-state index is 9.58. The number of methoxy groups -OCH3 is 1. The van der Waals surface area contributed by atoms with Crippen LogP contribution in [0.2, 0.25) is 0 Å². The monoisotopic (exact) mass is 310 g/mol. The highest BCUT2D eigenvalue weighted by Gasteiger charge is 2.42. The first kappa shape index (κ1) is 17.2. The van der Waals surface area contributed by atoms with Gasteiger partial charge in [0.1, 0.15) is 18.0 Å². The lowest BCUT2D eigenvalue weighted by Crippen LogP contribution is -2.37. The quantitative estimate of drug-likeness (QED) is 0.799. The van der Waals surface area contributed by atoms with Crippen molar-refractivity contribution < 1.29 is 24.1 Å². The molecule has 0 aliphatic carbocycles. The van der Waals surface area contributed by atoms with Crippen LogP contribution in [-0.4, -0.2) is 43.4 Å². The molecule has 1 heterocycles. The van der Waals surface area contributed by atoms with Crippen molar-refractivity contribution in [1.82, 2.24) is 0 Å². The third kappa shape index (κ3) is 3.98. The number of hydrogen-bond donors (Lipinski definition) is 1. The molecule has 22 heavy (non-hydrogen) atoms. The smallest absolute Gasteiger partial charge is 0.168 e. The van der Waals surface area contributed by atoms with E-state index < -0.39 is 5.79 Å². The third-order valence-corrected chi connectivity index (χ3v) is 4.17. The molecular formula is C17H26O5. The van der Waals surface area contributed by atoms with Crippen molar-refractivity contribution in [2.24, 2.45) is 0 Å². The molecule has 0 bridgehead atoms. The maximum Gasteiger partial charge on any atom is 0.168 e. The van der Waals surface area contributed by atoms with Crippen LogP contribution in [0.1, 0.15) is 32.3 Å². The lowest BCUT2D eigenvalue weighted by Gasteiger charge is -2.27. The van der Waals surface area contributed by atoms with E-state index in [0.29, 0.717) is 13.2 Å². The predicted octanol–water partition coefficient (Wildman–Crippen LogP) is 2.50. The fourth-order valence-electron chi connectivity index (χ4n) is 2.58. The van der Waals surface area contributed by atoms with Crippen LogP contribution in [0.5, 0.6) is 5.75 Å². The van der Waals surface area contributed by atoms with E-state index in [1.165, 1.54) is 0 Å². The largest absolute Gasteiger partial charge is 0.497 e. The van der Waals surface area contributed by atoms with Gasteiger partial charge in [-0.25, -0.2) is 0 Å². The second-order valence-electron chi connectivity index (χ2n) is 5.47. The molecule has 1 aromatic carbocycles. The molecule has 1 aromatic rings. The molecule has 5 nitrogen and oxygen atoms in total. The Bertz CT molecular complexity index is 441. The Morgan fingerprint density at radius 2 is 1.95 bits per heavy atom.